The second kappa shape index (κ2) is 4.91. The highest BCUT2D eigenvalue weighted by atomic mass is 16.6. The van der Waals surface area contributed by atoms with E-state index in [1.807, 2.05) is 6.07 Å². The minimum absolute atomic E-state index is 0.209. The molecule has 6 heteroatoms. The second-order valence-corrected chi connectivity index (χ2v) is 5.23. The van der Waals surface area contributed by atoms with Crippen LogP contribution in [0.5, 0.6) is 0 Å². The molecule has 2 heterocycles. The van der Waals surface area contributed by atoms with Crippen LogP contribution in [-0.2, 0) is 24.7 Å². The molecule has 0 amide bonds. The molecule has 0 spiro atoms. The number of fused-ring (bicyclic) bond motifs is 2. The quantitative estimate of drug-likeness (QED) is 0.443. The summed E-state index contributed by atoms with van der Waals surface area (Å²) in [6.07, 6.45) is 4.69. The first-order chi connectivity index (χ1) is 10.1. The molecule has 0 N–H and O–H groups in total. The van der Waals surface area contributed by atoms with E-state index in [9.17, 15) is 9.59 Å². The highest BCUT2D eigenvalue weighted by Crippen LogP contribution is 2.56. The van der Waals surface area contributed by atoms with Crippen molar-refractivity contribution in [2.45, 2.75) is 37.4 Å². The molecule has 1 saturated carbocycles. The maximum absolute atomic E-state index is 11.8. The summed E-state index contributed by atoms with van der Waals surface area (Å²) in [4.78, 5) is 39.6. The third-order valence-corrected chi connectivity index (χ3v) is 4.21. The largest absolute Gasteiger partial charge is 0.386 e. The molecule has 1 aliphatic carbocycles. The van der Waals surface area contributed by atoms with E-state index < -0.39 is 11.9 Å². The Balaban J connectivity index is 0.000000409. The summed E-state index contributed by atoms with van der Waals surface area (Å²) in [7, 11) is 0. The second-order valence-electron chi connectivity index (χ2n) is 5.23. The zero-order valence-electron chi connectivity index (χ0n) is 11.1. The van der Waals surface area contributed by atoms with E-state index in [-0.39, 0.29) is 17.9 Å². The first kappa shape index (κ1) is 13.7. The van der Waals surface area contributed by atoms with Gasteiger partial charge in [-0.05, 0) is 18.9 Å². The lowest BCUT2D eigenvalue weighted by atomic mass is 9.81. The zero-order chi connectivity index (χ0) is 15.0. The predicted octanol–water partition coefficient (Wildman–Crippen LogP) is 1.58. The summed E-state index contributed by atoms with van der Waals surface area (Å²) in [5, 5.41) is 0. The summed E-state index contributed by atoms with van der Waals surface area (Å²) in [5.41, 5.74) is 1.33. The van der Waals surface area contributed by atoms with Gasteiger partial charge in [-0.3, -0.25) is 0 Å². The normalized spacial score (nSPS) is 28.5. The van der Waals surface area contributed by atoms with Crippen molar-refractivity contribution in [2.24, 2.45) is 0 Å². The topological polar surface area (TPSA) is 90.0 Å². The monoisotopic (exact) mass is 288 g/mol. The van der Waals surface area contributed by atoms with Crippen LogP contribution < -0.4 is 0 Å². The number of cyclic esters (lactones) is 2. The Bertz CT molecular complexity index is 658. The van der Waals surface area contributed by atoms with Gasteiger partial charge in [0, 0.05) is 5.56 Å². The van der Waals surface area contributed by atoms with Crippen molar-refractivity contribution in [3.05, 3.63) is 34.9 Å². The summed E-state index contributed by atoms with van der Waals surface area (Å²) >= 11 is 0. The molecule has 6 nitrogen and oxygen atoms in total. The summed E-state index contributed by atoms with van der Waals surface area (Å²) in [5.74, 6) is -1.07. The van der Waals surface area contributed by atoms with Crippen LogP contribution in [0.25, 0.3) is 0 Å². The lowest BCUT2D eigenvalue weighted by Gasteiger charge is -2.18. The number of benzene rings is 1. The molecule has 1 aromatic rings. The average Bonchev–Trinajstić information content (AvgIpc) is 3.16. The molecule has 2 aliphatic heterocycles. The molecule has 0 radical (unpaired) electrons. The maximum atomic E-state index is 11.8. The Morgan fingerprint density at radius 2 is 1.90 bits per heavy atom. The van der Waals surface area contributed by atoms with Crippen LogP contribution in [0.1, 0.15) is 52.0 Å². The van der Waals surface area contributed by atoms with Gasteiger partial charge in [0.1, 0.15) is 5.60 Å². The summed E-state index contributed by atoms with van der Waals surface area (Å²) in [6.45, 7) is 0. The molecule has 0 bridgehead atoms. The van der Waals surface area contributed by atoms with Gasteiger partial charge >= 0.3 is 18.1 Å². The molecule has 1 saturated heterocycles. The van der Waals surface area contributed by atoms with Gasteiger partial charge in [0.25, 0.3) is 0 Å². The fourth-order valence-corrected chi connectivity index (χ4v) is 3.31. The number of hydrogen-bond donors (Lipinski definition) is 0. The van der Waals surface area contributed by atoms with E-state index in [2.05, 4.69) is 0 Å². The van der Waals surface area contributed by atoms with Crippen molar-refractivity contribution < 1.29 is 28.7 Å². The van der Waals surface area contributed by atoms with E-state index in [1.165, 1.54) is 6.42 Å². The van der Waals surface area contributed by atoms with Crippen molar-refractivity contribution in [1.29, 1.82) is 0 Å². The molecular weight excluding hydrogens is 276 g/mol. The van der Waals surface area contributed by atoms with E-state index in [4.69, 9.17) is 19.1 Å². The van der Waals surface area contributed by atoms with Crippen LogP contribution in [0.3, 0.4) is 0 Å². The Kier molecular flexibility index (Phi) is 3.20. The van der Waals surface area contributed by atoms with Gasteiger partial charge in [0.15, 0.2) is 0 Å². The average molecular weight is 288 g/mol. The van der Waals surface area contributed by atoms with Crippen LogP contribution in [0, 0.1) is 0 Å². The SMILES string of the molecule is O=C1OC(=O)c2c1cccc2C12CCCCC1O2.O=C=O. The molecule has 4 rings (SSSR count). The summed E-state index contributed by atoms with van der Waals surface area (Å²) < 4.78 is 10.5. The van der Waals surface area contributed by atoms with Crippen LogP contribution in [-0.4, -0.2) is 24.2 Å². The third kappa shape index (κ3) is 2.00. The van der Waals surface area contributed by atoms with E-state index in [1.54, 1.807) is 12.1 Å². The predicted molar refractivity (Wildman–Crippen MR) is 66.2 cm³/mol. The van der Waals surface area contributed by atoms with Gasteiger partial charge in [-0.25, -0.2) is 9.59 Å². The molecule has 108 valence electrons. The van der Waals surface area contributed by atoms with Gasteiger partial charge in [-0.15, -0.1) is 0 Å². The van der Waals surface area contributed by atoms with Crippen LogP contribution in [0.15, 0.2) is 18.2 Å². The van der Waals surface area contributed by atoms with Crippen molar-refractivity contribution in [2.75, 3.05) is 0 Å². The van der Waals surface area contributed by atoms with Crippen molar-refractivity contribution in [3.8, 4) is 0 Å². The van der Waals surface area contributed by atoms with Gasteiger partial charge in [0.05, 0.1) is 17.2 Å². The van der Waals surface area contributed by atoms with Crippen LogP contribution in [0.2, 0.25) is 0 Å². The molecule has 2 atom stereocenters. The summed E-state index contributed by atoms with van der Waals surface area (Å²) in [6, 6.07) is 5.34. The fourth-order valence-electron chi connectivity index (χ4n) is 3.31. The van der Waals surface area contributed by atoms with Gasteiger partial charge in [-0.1, -0.05) is 25.0 Å². The molecule has 0 aromatic heterocycles. The molecule has 21 heavy (non-hydrogen) atoms. The molecule has 2 unspecified atom stereocenters. The first-order valence-electron chi connectivity index (χ1n) is 6.71. The highest BCUT2D eigenvalue weighted by Gasteiger charge is 2.60. The Hall–Kier alpha value is -2.30. The lowest BCUT2D eigenvalue weighted by molar-refractivity contribution is -0.191. The zero-order valence-corrected chi connectivity index (χ0v) is 11.1. The van der Waals surface area contributed by atoms with Crippen LogP contribution in [0.4, 0.5) is 0 Å². The number of carbonyl (C=O) groups excluding carboxylic acids is 4. The number of epoxide rings is 1. The van der Waals surface area contributed by atoms with Crippen molar-refractivity contribution in [3.63, 3.8) is 0 Å². The van der Waals surface area contributed by atoms with Gasteiger partial charge in [0.2, 0.25) is 0 Å². The number of carbonyl (C=O) groups is 2. The minimum Gasteiger partial charge on any atom is -0.386 e. The van der Waals surface area contributed by atoms with E-state index in [0.717, 1.165) is 24.8 Å². The van der Waals surface area contributed by atoms with Gasteiger partial charge < -0.3 is 9.47 Å². The fraction of sp³-hybridized carbons (Fsp3) is 0.400. The molecule has 2 fully saturated rings. The number of hydrogen-bond acceptors (Lipinski definition) is 6. The highest BCUT2D eigenvalue weighted by molar-refractivity contribution is 6.15. The first-order valence-corrected chi connectivity index (χ1v) is 6.71. The maximum Gasteiger partial charge on any atom is 0.373 e. The Morgan fingerprint density at radius 3 is 2.62 bits per heavy atom. The third-order valence-electron chi connectivity index (χ3n) is 4.21. The van der Waals surface area contributed by atoms with E-state index >= 15 is 0 Å². The smallest absolute Gasteiger partial charge is 0.373 e. The molecular formula is C15H12O6. The van der Waals surface area contributed by atoms with Crippen molar-refractivity contribution >= 4 is 18.1 Å². The Labute approximate surface area is 120 Å². The minimum atomic E-state index is -0.541. The molecule has 3 aliphatic rings. The standard InChI is InChI=1S/C14H12O4.CO2/c15-12-8-4-3-5-9(11(8)13(16)17-12)14-7-2-1-6-10(14)18-14;2-1-3/h3-5,10H,1-2,6-7H2;. The molecule has 1 aromatic carbocycles. The number of rotatable bonds is 1. The van der Waals surface area contributed by atoms with Gasteiger partial charge in [-0.2, -0.15) is 9.59 Å². The van der Waals surface area contributed by atoms with Crippen molar-refractivity contribution in [1.82, 2.24) is 0 Å². The number of ether oxygens (including phenoxy) is 2. The lowest BCUT2D eigenvalue weighted by Crippen LogP contribution is -2.20. The number of esters is 2. The van der Waals surface area contributed by atoms with Crippen LogP contribution >= 0.6 is 0 Å². The Morgan fingerprint density at radius 1 is 1.14 bits per heavy atom. The van der Waals surface area contributed by atoms with E-state index in [0.29, 0.717) is 11.1 Å².